The Hall–Kier alpha value is -1.32. The predicted molar refractivity (Wildman–Crippen MR) is 152 cm³/mol. The number of ether oxygens (including phenoxy) is 2. The number of hydrogen-bond acceptors (Lipinski definition) is 12. The van der Waals surface area contributed by atoms with E-state index >= 15 is 0 Å². The molecule has 0 saturated carbocycles. The van der Waals surface area contributed by atoms with Gasteiger partial charge in [-0.15, -0.1) is 0 Å². The van der Waals surface area contributed by atoms with Crippen molar-refractivity contribution in [2.24, 2.45) is 0 Å². The number of aliphatic hydroxyl groups is 6. The normalized spacial score (nSPS) is 12.3. The fraction of sp³-hybridized carbons (Fsp3) is 0.500. The monoisotopic (exact) mass is 728 g/mol. The van der Waals surface area contributed by atoms with Crippen molar-refractivity contribution in [2.75, 3.05) is 65.7 Å². The van der Waals surface area contributed by atoms with Gasteiger partial charge in [-0.25, -0.2) is 8.42 Å². The van der Waals surface area contributed by atoms with Crippen LogP contribution < -0.4 is 9.47 Å². The molecule has 0 bridgehead atoms. The van der Waals surface area contributed by atoms with E-state index < -0.39 is 22.4 Å². The molecule has 8 radical (unpaired) electrons. The van der Waals surface area contributed by atoms with E-state index in [0.717, 1.165) is 0 Å². The minimum atomic E-state index is -3.86. The molecule has 41 heavy (non-hydrogen) atoms. The SMILES string of the molecule is O.O.O=S(=O)(c1ccc(OC(O)CN(CCO)CCO)cc1)c1ccc(OC(O)CN(CCO)CCO)cc1.[Ge].[Ge]. The maximum Gasteiger partial charge on any atom is 0.210 e. The average molecular weight is 726 g/mol. The molecule has 2 unspecified atom stereocenters. The van der Waals surface area contributed by atoms with Crippen LogP contribution in [-0.2, 0) is 9.84 Å². The molecule has 2 atom stereocenters. The van der Waals surface area contributed by atoms with Crippen molar-refractivity contribution < 1.29 is 59.5 Å². The topological polar surface area (TPSA) is 243 Å². The summed E-state index contributed by atoms with van der Waals surface area (Å²) in [6.45, 7) is 0.568. The van der Waals surface area contributed by atoms with E-state index in [0.29, 0.717) is 0 Å². The Labute approximate surface area is 261 Å². The maximum absolute atomic E-state index is 13.0. The Morgan fingerprint density at radius 1 is 0.585 bits per heavy atom. The number of sulfone groups is 1. The van der Waals surface area contributed by atoms with Crippen molar-refractivity contribution in [2.45, 2.75) is 22.4 Å². The predicted octanol–water partition coefficient (Wildman–Crippen LogP) is -3.92. The van der Waals surface area contributed by atoms with Gasteiger partial charge in [-0.2, -0.15) is 0 Å². The molecule has 0 aliphatic heterocycles. The Bertz CT molecular complexity index is 933. The summed E-state index contributed by atoms with van der Waals surface area (Å²) in [5, 5.41) is 56.4. The van der Waals surface area contributed by atoms with Crippen LogP contribution in [0.2, 0.25) is 0 Å². The second-order valence-electron chi connectivity index (χ2n) is 8.09. The Kier molecular flexibility index (Phi) is 24.9. The second kappa shape index (κ2) is 23.2. The summed E-state index contributed by atoms with van der Waals surface area (Å²) >= 11 is 0. The molecule has 0 aromatic heterocycles. The van der Waals surface area contributed by atoms with Gasteiger partial charge in [0.05, 0.1) is 49.3 Å². The second-order valence-corrected chi connectivity index (χ2v) is 10.0. The Morgan fingerprint density at radius 3 is 1.10 bits per heavy atom. The van der Waals surface area contributed by atoms with E-state index in [9.17, 15) is 18.6 Å². The van der Waals surface area contributed by atoms with Crippen molar-refractivity contribution in [3.63, 3.8) is 0 Å². The van der Waals surface area contributed by atoms with Crippen molar-refractivity contribution in [3.05, 3.63) is 48.5 Å². The van der Waals surface area contributed by atoms with Crippen LogP contribution in [0.15, 0.2) is 58.3 Å². The molecule has 232 valence electrons. The van der Waals surface area contributed by atoms with Gasteiger partial charge in [0.1, 0.15) is 11.5 Å². The molecular formula is C24H40Ge2N2O12S. The Balaban J connectivity index is -0.00000361. The van der Waals surface area contributed by atoms with Gasteiger partial charge < -0.3 is 51.1 Å². The molecule has 0 fully saturated rings. The number of hydrogen-bond donors (Lipinski definition) is 6. The molecule has 14 nitrogen and oxygen atoms in total. The van der Waals surface area contributed by atoms with Crippen molar-refractivity contribution in [1.82, 2.24) is 9.80 Å². The zero-order chi connectivity index (χ0) is 27.3. The minimum Gasteiger partial charge on any atom is -0.464 e. The average Bonchev–Trinajstić information content (AvgIpc) is 2.85. The number of rotatable bonds is 18. The first kappa shape index (κ1) is 44.1. The third-order valence-electron chi connectivity index (χ3n) is 5.31. The third kappa shape index (κ3) is 15.1. The van der Waals surface area contributed by atoms with Crippen LogP contribution in [-0.4, -0.2) is 173 Å². The first-order valence-electron chi connectivity index (χ1n) is 11.8. The van der Waals surface area contributed by atoms with Crippen LogP contribution in [0.1, 0.15) is 0 Å². The van der Waals surface area contributed by atoms with Crippen LogP contribution in [0.5, 0.6) is 11.5 Å². The van der Waals surface area contributed by atoms with Crippen LogP contribution in [0, 0.1) is 0 Å². The molecular weight excluding hydrogens is 686 g/mol. The van der Waals surface area contributed by atoms with Crippen molar-refractivity contribution in [1.29, 1.82) is 0 Å². The zero-order valence-corrected chi connectivity index (χ0v) is 27.5. The molecule has 17 heteroatoms. The quantitative estimate of drug-likeness (QED) is 0.0638. The molecule has 2 rings (SSSR count). The van der Waals surface area contributed by atoms with Crippen LogP contribution in [0.4, 0.5) is 0 Å². The van der Waals surface area contributed by atoms with Gasteiger partial charge in [0.25, 0.3) is 0 Å². The standard InChI is InChI=1S/C24H36N2O10S.2Ge.2H2O/c27-13-9-25(10-14-28)17-23(31)35-19-1-5-21(6-2-19)37(33,34)22-7-3-20(4-8-22)36-24(32)18-26(11-15-29)12-16-30;;;;/h1-8,23-24,27-32H,9-18H2;;;2*1H2. The Morgan fingerprint density at radius 2 is 0.854 bits per heavy atom. The summed E-state index contributed by atoms with van der Waals surface area (Å²) in [6.07, 6.45) is -2.49. The molecule has 0 saturated heterocycles. The van der Waals surface area contributed by atoms with Gasteiger partial charge in [-0.1, -0.05) is 0 Å². The molecule has 0 spiro atoms. The van der Waals surface area contributed by atoms with Crippen molar-refractivity contribution in [3.8, 4) is 11.5 Å². The zero-order valence-electron chi connectivity index (χ0n) is 22.5. The fourth-order valence-corrected chi connectivity index (χ4v) is 4.78. The van der Waals surface area contributed by atoms with Gasteiger partial charge in [-0.05, 0) is 48.5 Å². The summed E-state index contributed by atoms with van der Waals surface area (Å²) < 4.78 is 36.8. The number of benzene rings is 2. The van der Waals surface area contributed by atoms with E-state index in [1.807, 2.05) is 0 Å². The first-order chi connectivity index (χ1) is 17.7. The van der Waals surface area contributed by atoms with Gasteiger partial charge >= 0.3 is 0 Å². The van der Waals surface area contributed by atoms with Gasteiger partial charge in [-0.3, -0.25) is 9.80 Å². The van der Waals surface area contributed by atoms with E-state index in [1.54, 1.807) is 9.80 Å². The largest absolute Gasteiger partial charge is 0.464 e. The van der Waals surface area contributed by atoms with Gasteiger partial charge in [0.2, 0.25) is 22.4 Å². The number of nitrogens with zero attached hydrogens (tertiary/aromatic N) is 2. The van der Waals surface area contributed by atoms with Crippen LogP contribution in [0.25, 0.3) is 0 Å². The molecule has 0 amide bonds. The summed E-state index contributed by atoms with van der Waals surface area (Å²) in [7, 11) is -3.86. The molecule has 0 heterocycles. The molecule has 10 N–H and O–H groups in total. The van der Waals surface area contributed by atoms with Crippen LogP contribution in [0.3, 0.4) is 0 Å². The first-order valence-corrected chi connectivity index (χ1v) is 13.2. The number of aliphatic hydroxyl groups excluding tert-OH is 6. The van der Waals surface area contributed by atoms with Crippen molar-refractivity contribution >= 4 is 45.0 Å². The van der Waals surface area contributed by atoms with E-state index in [-0.39, 0.29) is 133 Å². The summed E-state index contributed by atoms with van der Waals surface area (Å²) in [6, 6.07) is 11.0. The molecule has 2 aromatic carbocycles. The summed E-state index contributed by atoms with van der Waals surface area (Å²) in [5.74, 6) is 0.488. The van der Waals surface area contributed by atoms with Gasteiger partial charge in [0.15, 0.2) is 0 Å². The smallest absolute Gasteiger partial charge is 0.210 e. The summed E-state index contributed by atoms with van der Waals surface area (Å²) in [5.41, 5.74) is 0. The van der Waals surface area contributed by atoms with Crippen LogP contribution >= 0.6 is 0 Å². The molecule has 0 aliphatic carbocycles. The van der Waals surface area contributed by atoms with E-state index in [2.05, 4.69) is 0 Å². The maximum atomic E-state index is 13.0. The van der Waals surface area contributed by atoms with E-state index in [4.69, 9.17) is 29.9 Å². The summed E-state index contributed by atoms with van der Waals surface area (Å²) in [4.78, 5) is 3.26. The van der Waals surface area contributed by atoms with E-state index in [1.165, 1.54) is 48.5 Å². The van der Waals surface area contributed by atoms with Gasteiger partial charge in [0, 0.05) is 61.4 Å². The fourth-order valence-electron chi connectivity index (χ4n) is 3.52. The minimum absolute atomic E-state index is 0. The molecule has 0 aliphatic rings. The third-order valence-corrected chi connectivity index (χ3v) is 7.09. The molecule has 2 aromatic rings.